The van der Waals surface area contributed by atoms with E-state index in [1.807, 2.05) is 6.92 Å². The van der Waals surface area contributed by atoms with Crippen molar-refractivity contribution in [2.75, 3.05) is 18.8 Å². The summed E-state index contributed by atoms with van der Waals surface area (Å²) in [6, 6.07) is 4.68. The molecule has 0 aromatic heterocycles. The number of nitrogens with zero attached hydrogens (tertiary/aromatic N) is 1. The van der Waals surface area contributed by atoms with E-state index >= 15 is 0 Å². The molecule has 1 aromatic carbocycles. The number of carbonyl (C=O) groups excluding carboxylic acids is 1. The minimum absolute atomic E-state index is 0.0552. The number of carbonyl (C=O) groups is 1. The van der Waals surface area contributed by atoms with Gasteiger partial charge in [0.2, 0.25) is 5.91 Å². The highest BCUT2D eigenvalue weighted by Gasteiger charge is 2.27. The molecule has 1 unspecified atom stereocenters. The Morgan fingerprint density at radius 3 is 3.00 bits per heavy atom. The zero-order valence-corrected chi connectivity index (χ0v) is 10.4. The predicted octanol–water partition coefficient (Wildman–Crippen LogP) is 1.12. The number of hydrogen-bond donors (Lipinski definition) is 2. The van der Waals surface area contributed by atoms with Gasteiger partial charge in [0.1, 0.15) is 5.82 Å². The van der Waals surface area contributed by atoms with Crippen LogP contribution >= 0.6 is 0 Å². The van der Waals surface area contributed by atoms with Crippen LogP contribution in [0.15, 0.2) is 18.2 Å². The summed E-state index contributed by atoms with van der Waals surface area (Å²) in [6.45, 7) is 3.98. The number of hydrogen-bond acceptors (Lipinski definition) is 3. The highest BCUT2D eigenvalue weighted by atomic mass is 19.1. The van der Waals surface area contributed by atoms with E-state index in [0.717, 1.165) is 18.5 Å². The van der Waals surface area contributed by atoms with Gasteiger partial charge in [0.15, 0.2) is 0 Å². The van der Waals surface area contributed by atoms with Crippen molar-refractivity contribution in [2.24, 2.45) is 0 Å². The minimum Gasteiger partial charge on any atom is -0.396 e. The maximum absolute atomic E-state index is 13.4. The van der Waals surface area contributed by atoms with Crippen molar-refractivity contribution in [1.82, 2.24) is 10.2 Å². The summed E-state index contributed by atoms with van der Waals surface area (Å²) >= 11 is 0. The van der Waals surface area contributed by atoms with Crippen molar-refractivity contribution in [3.63, 3.8) is 0 Å². The van der Waals surface area contributed by atoms with E-state index in [-0.39, 0.29) is 17.6 Å². The van der Waals surface area contributed by atoms with E-state index in [1.165, 1.54) is 6.07 Å². The Morgan fingerprint density at radius 2 is 2.33 bits per heavy atom. The zero-order chi connectivity index (χ0) is 13.1. The molecule has 0 bridgehead atoms. The van der Waals surface area contributed by atoms with Gasteiger partial charge in [-0.2, -0.15) is 0 Å². The summed E-state index contributed by atoms with van der Waals surface area (Å²) in [7, 11) is 0. The van der Waals surface area contributed by atoms with Crippen LogP contribution in [0.1, 0.15) is 18.9 Å². The molecule has 0 spiro atoms. The maximum Gasteiger partial charge on any atom is 0.237 e. The van der Waals surface area contributed by atoms with E-state index in [9.17, 15) is 9.18 Å². The Kier molecular flexibility index (Phi) is 3.81. The number of anilines is 1. The summed E-state index contributed by atoms with van der Waals surface area (Å²) in [5, 5.41) is 2.84. The molecule has 1 aliphatic rings. The van der Waals surface area contributed by atoms with Crippen LogP contribution in [-0.2, 0) is 11.3 Å². The fraction of sp³-hybridized carbons (Fsp3) is 0.462. The van der Waals surface area contributed by atoms with Crippen LogP contribution < -0.4 is 11.1 Å². The standard InChI is InChI=1S/C13H18FN3O/c1-2-12-13(18)16-5-6-17(12)8-9-3-4-11(15)10(14)7-9/h3-4,7,12H,2,5-6,8,15H2,1H3,(H,16,18). The van der Waals surface area contributed by atoms with E-state index in [4.69, 9.17) is 5.73 Å². The molecule has 4 nitrogen and oxygen atoms in total. The highest BCUT2D eigenvalue weighted by Crippen LogP contribution is 2.17. The molecular weight excluding hydrogens is 233 g/mol. The molecule has 1 aromatic rings. The number of halogens is 1. The van der Waals surface area contributed by atoms with E-state index in [2.05, 4.69) is 10.2 Å². The average Bonchev–Trinajstić information content (AvgIpc) is 2.34. The van der Waals surface area contributed by atoms with Crippen molar-refractivity contribution in [3.8, 4) is 0 Å². The fourth-order valence-corrected chi connectivity index (χ4v) is 2.30. The highest BCUT2D eigenvalue weighted by molar-refractivity contribution is 5.82. The number of rotatable bonds is 3. The van der Waals surface area contributed by atoms with Crippen LogP contribution in [0.4, 0.5) is 10.1 Å². The molecule has 0 saturated carbocycles. The second-order valence-corrected chi connectivity index (χ2v) is 4.54. The Labute approximate surface area is 106 Å². The minimum atomic E-state index is -0.401. The predicted molar refractivity (Wildman–Crippen MR) is 68.3 cm³/mol. The molecule has 5 heteroatoms. The lowest BCUT2D eigenvalue weighted by molar-refractivity contribution is -0.129. The van der Waals surface area contributed by atoms with Crippen LogP contribution in [0, 0.1) is 5.82 Å². The lowest BCUT2D eigenvalue weighted by Gasteiger charge is -2.34. The monoisotopic (exact) mass is 251 g/mol. The second kappa shape index (κ2) is 5.35. The molecule has 1 amide bonds. The van der Waals surface area contributed by atoms with Gasteiger partial charge in [0.05, 0.1) is 11.7 Å². The SMILES string of the molecule is CCC1C(=O)NCCN1Cc1ccc(N)c(F)c1. The van der Waals surface area contributed by atoms with Crippen LogP contribution in [0.25, 0.3) is 0 Å². The summed E-state index contributed by atoms with van der Waals surface area (Å²) in [5.41, 5.74) is 6.44. The number of nitrogen functional groups attached to an aromatic ring is 1. The van der Waals surface area contributed by atoms with Gasteiger partial charge >= 0.3 is 0 Å². The lowest BCUT2D eigenvalue weighted by Crippen LogP contribution is -2.54. The normalized spacial score (nSPS) is 20.8. The van der Waals surface area contributed by atoms with Gasteiger partial charge in [0.25, 0.3) is 0 Å². The molecule has 1 saturated heterocycles. The number of nitrogens with two attached hydrogens (primary N) is 1. The van der Waals surface area contributed by atoms with Gasteiger partial charge in [-0.05, 0) is 24.1 Å². The first-order valence-electron chi connectivity index (χ1n) is 6.17. The van der Waals surface area contributed by atoms with E-state index in [0.29, 0.717) is 13.1 Å². The molecule has 1 heterocycles. The van der Waals surface area contributed by atoms with Crippen LogP contribution in [0.5, 0.6) is 0 Å². The Balaban J connectivity index is 2.11. The first kappa shape index (κ1) is 12.8. The van der Waals surface area contributed by atoms with E-state index < -0.39 is 5.82 Å². The Morgan fingerprint density at radius 1 is 1.56 bits per heavy atom. The third-order valence-electron chi connectivity index (χ3n) is 3.28. The third-order valence-corrected chi connectivity index (χ3v) is 3.28. The van der Waals surface area contributed by atoms with Gasteiger partial charge in [-0.1, -0.05) is 13.0 Å². The summed E-state index contributed by atoms with van der Waals surface area (Å²) in [6.07, 6.45) is 0.753. The summed E-state index contributed by atoms with van der Waals surface area (Å²) in [5.74, 6) is -0.346. The second-order valence-electron chi connectivity index (χ2n) is 4.54. The van der Waals surface area contributed by atoms with Gasteiger partial charge in [-0.15, -0.1) is 0 Å². The Bertz CT molecular complexity index is 450. The largest absolute Gasteiger partial charge is 0.396 e. The molecule has 1 atom stereocenters. The van der Waals surface area contributed by atoms with Gasteiger partial charge < -0.3 is 11.1 Å². The molecular formula is C13H18FN3O. The van der Waals surface area contributed by atoms with Crippen molar-refractivity contribution >= 4 is 11.6 Å². The smallest absolute Gasteiger partial charge is 0.237 e. The lowest BCUT2D eigenvalue weighted by atomic mass is 10.1. The van der Waals surface area contributed by atoms with Crippen LogP contribution in [-0.4, -0.2) is 29.9 Å². The molecule has 2 rings (SSSR count). The molecule has 0 aliphatic carbocycles. The summed E-state index contributed by atoms with van der Waals surface area (Å²) < 4.78 is 13.4. The topological polar surface area (TPSA) is 58.4 Å². The van der Waals surface area contributed by atoms with Gasteiger partial charge in [-0.25, -0.2) is 4.39 Å². The molecule has 18 heavy (non-hydrogen) atoms. The number of benzene rings is 1. The van der Waals surface area contributed by atoms with Crippen molar-refractivity contribution in [1.29, 1.82) is 0 Å². The quantitative estimate of drug-likeness (QED) is 0.791. The number of nitrogens with one attached hydrogen (secondary N) is 1. The maximum atomic E-state index is 13.4. The van der Waals surface area contributed by atoms with E-state index in [1.54, 1.807) is 12.1 Å². The van der Waals surface area contributed by atoms with Crippen LogP contribution in [0.2, 0.25) is 0 Å². The molecule has 0 radical (unpaired) electrons. The van der Waals surface area contributed by atoms with Gasteiger partial charge in [0, 0.05) is 19.6 Å². The molecule has 98 valence electrons. The first-order chi connectivity index (χ1) is 8.61. The van der Waals surface area contributed by atoms with Crippen molar-refractivity contribution < 1.29 is 9.18 Å². The van der Waals surface area contributed by atoms with Crippen LogP contribution in [0.3, 0.4) is 0 Å². The number of piperazine rings is 1. The van der Waals surface area contributed by atoms with Gasteiger partial charge in [-0.3, -0.25) is 9.69 Å². The first-order valence-corrected chi connectivity index (χ1v) is 6.17. The number of amides is 1. The molecule has 1 fully saturated rings. The average molecular weight is 251 g/mol. The molecule has 1 aliphatic heterocycles. The molecule has 3 N–H and O–H groups in total. The summed E-state index contributed by atoms with van der Waals surface area (Å²) in [4.78, 5) is 13.8. The van der Waals surface area contributed by atoms with Crippen molar-refractivity contribution in [3.05, 3.63) is 29.6 Å². The van der Waals surface area contributed by atoms with Crippen molar-refractivity contribution in [2.45, 2.75) is 25.9 Å². The Hall–Kier alpha value is -1.62. The fourth-order valence-electron chi connectivity index (χ4n) is 2.30. The zero-order valence-electron chi connectivity index (χ0n) is 10.4. The third kappa shape index (κ3) is 2.61.